The molecule has 0 spiro atoms. The van der Waals surface area contributed by atoms with Crippen LogP contribution in [0.4, 0.5) is 0 Å². The summed E-state index contributed by atoms with van der Waals surface area (Å²) in [5.41, 5.74) is 5.50. The van der Waals surface area contributed by atoms with Crippen LogP contribution in [-0.2, 0) is 10.0 Å². The van der Waals surface area contributed by atoms with Gasteiger partial charge in [0.15, 0.2) is 0 Å². The van der Waals surface area contributed by atoms with E-state index >= 15 is 0 Å². The molecule has 1 aliphatic rings. The average molecular weight is 234 g/mol. The summed E-state index contributed by atoms with van der Waals surface area (Å²) in [5.74, 6) is 0. The average Bonchev–Trinajstić information content (AvgIpc) is 2.70. The number of hydrogen-bond donors (Lipinski definition) is 1. The minimum absolute atomic E-state index is 0.204. The molecule has 0 aromatic heterocycles. The summed E-state index contributed by atoms with van der Waals surface area (Å²) in [6.07, 6.45) is 4.87. The summed E-state index contributed by atoms with van der Waals surface area (Å²) in [6, 6.07) is 0.204. The molecular weight excluding hydrogens is 212 g/mol. The van der Waals surface area contributed by atoms with E-state index < -0.39 is 15.3 Å². The monoisotopic (exact) mass is 234 g/mol. The lowest BCUT2D eigenvalue weighted by molar-refractivity contribution is 0.366. The zero-order valence-electron chi connectivity index (χ0n) is 9.65. The molecule has 5 heteroatoms. The van der Waals surface area contributed by atoms with Crippen molar-refractivity contribution in [1.29, 1.82) is 0 Å². The van der Waals surface area contributed by atoms with Gasteiger partial charge in [-0.3, -0.25) is 0 Å². The van der Waals surface area contributed by atoms with E-state index in [2.05, 4.69) is 0 Å². The molecule has 0 saturated heterocycles. The smallest absolute Gasteiger partial charge is 0.218 e. The van der Waals surface area contributed by atoms with Crippen LogP contribution >= 0.6 is 0 Å². The maximum absolute atomic E-state index is 12.1. The van der Waals surface area contributed by atoms with Crippen molar-refractivity contribution in [2.24, 2.45) is 5.73 Å². The van der Waals surface area contributed by atoms with E-state index in [-0.39, 0.29) is 12.6 Å². The first-order valence-corrected chi connectivity index (χ1v) is 7.21. The van der Waals surface area contributed by atoms with Gasteiger partial charge >= 0.3 is 0 Å². The molecule has 0 amide bonds. The van der Waals surface area contributed by atoms with Gasteiger partial charge in [0.25, 0.3) is 0 Å². The third-order valence-corrected chi connectivity index (χ3v) is 5.85. The van der Waals surface area contributed by atoms with Gasteiger partial charge in [-0.25, -0.2) is 12.7 Å². The van der Waals surface area contributed by atoms with Crippen molar-refractivity contribution in [3.8, 4) is 0 Å². The van der Waals surface area contributed by atoms with Crippen molar-refractivity contribution < 1.29 is 8.42 Å². The fourth-order valence-corrected chi connectivity index (χ4v) is 3.97. The van der Waals surface area contributed by atoms with Crippen molar-refractivity contribution in [2.75, 3.05) is 13.6 Å². The molecule has 90 valence electrons. The van der Waals surface area contributed by atoms with Gasteiger partial charge in [0.05, 0.1) is 5.25 Å². The van der Waals surface area contributed by atoms with E-state index in [4.69, 9.17) is 5.73 Å². The molecule has 1 saturated carbocycles. The van der Waals surface area contributed by atoms with Gasteiger partial charge in [-0.2, -0.15) is 0 Å². The van der Waals surface area contributed by atoms with Crippen molar-refractivity contribution in [1.82, 2.24) is 4.31 Å². The van der Waals surface area contributed by atoms with E-state index in [0.29, 0.717) is 6.42 Å². The zero-order chi connectivity index (χ0) is 11.5. The quantitative estimate of drug-likeness (QED) is 0.769. The fraction of sp³-hybridized carbons (Fsp3) is 1.00. The summed E-state index contributed by atoms with van der Waals surface area (Å²) in [5, 5.41) is -0.414. The van der Waals surface area contributed by atoms with Crippen LogP contribution in [0, 0.1) is 0 Å². The summed E-state index contributed by atoms with van der Waals surface area (Å²) in [4.78, 5) is 0. The van der Waals surface area contributed by atoms with Gasteiger partial charge in [-0.05, 0) is 19.3 Å². The molecule has 0 aliphatic heterocycles. The Labute approximate surface area is 92.9 Å². The molecule has 4 nitrogen and oxygen atoms in total. The van der Waals surface area contributed by atoms with E-state index in [1.54, 1.807) is 11.4 Å². The molecule has 1 aliphatic carbocycles. The number of nitrogens with zero attached hydrogens (tertiary/aromatic N) is 1. The zero-order valence-corrected chi connectivity index (χ0v) is 10.5. The summed E-state index contributed by atoms with van der Waals surface area (Å²) in [7, 11) is -1.48. The van der Waals surface area contributed by atoms with Gasteiger partial charge in [-0.1, -0.05) is 19.8 Å². The fourth-order valence-electron chi connectivity index (χ4n) is 2.21. The summed E-state index contributed by atoms with van der Waals surface area (Å²) >= 11 is 0. The van der Waals surface area contributed by atoms with Crippen LogP contribution in [-0.4, -0.2) is 37.6 Å². The molecule has 0 aromatic carbocycles. The molecule has 0 aromatic rings. The normalized spacial score (nSPS) is 21.1. The Balaban J connectivity index is 2.75. The molecule has 0 heterocycles. The predicted molar refractivity (Wildman–Crippen MR) is 62.1 cm³/mol. The van der Waals surface area contributed by atoms with Gasteiger partial charge in [0, 0.05) is 19.6 Å². The highest BCUT2D eigenvalue weighted by atomic mass is 32.2. The molecule has 1 rings (SSSR count). The van der Waals surface area contributed by atoms with Crippen molar-refractivity contribution in [2.45, 2.75) is 50.3 Å². The van der Waals surface area contributed by atoms with Gasteiger partial charge < -0.3 is 5.73 Å². The highest BCUT2D eigenvalue weighted by molar-refractivity contribution is 7.89. The van der Waals surface area contributed by atoms with Gasteiger partial charge in [-0.15, -0.1) is 0 Å². The van der Waals surface area contributed by atoms with Gasteiger partial charge in [0.1, 0.15) is 0 Å². The first-order chi connectivity index (χ1) is 7.04. The molecular formula is C10H22N2O2S. The Morgan fingerprint density at radius 1 is 1.40 bits per heavy atom. The maximum Gasteiger partial charge on any atom is 0.218 e. The minimum atomic E-state index is -3.18. The van der Waals surface area contributed by atoms with Crippen LogP contribution in [0.15, 0.2) is 0 Å². The second-order valence-corrected chi connectivity index (χ2v) is 6.54. The van der Waals surface area contributed by atoms with E-state index in [0.717, 1.165) is 25.7 Å². The Morgan fingerprint density at radius 3 is 2.33 bits per heavy atom. The first-order valence-electron chi connectivity index (χ1n) is 5.71. The van der Waals surface area contributed by atoms with Crippen LogP contribution in [0.1, 0.15) is 39.0 Å². The lowest BCUT2D eigenvalue weighted by atomic mass is 10.3. The summed E-state index contributed by atoms with van der Waals surface area (Å²) < 4.78 is 25.8. The Bertz CT molecular complexity index is 280. The molecule has 2 N–H and O–H groups in total. The van der Waals surface area contributed by atoms with Crippen LogP contribution < -0.4 is 5.73 Å². The third kappa shape index (κ3) is 2.71. The highest BCUT2D eigenvalue weighted by Gasteiger charge is 2.33. The Hall–Kier alpha value is -0.130. The molecule has 1 unspecified atom stereocenters. The molecule has 15 heavy (non-hydrogen) atoms. The largest absolute Gasteiger partial charge is 0.329 e. The highest BCUT2D eigenvalue weighted by Crippen LogP contribution is 2.26. The van der Waals surface area contributed by atoms with Crippen molar-refractivity contribution in [3.05, 3.63) is 0 Å². The Kier molecular flexibility index (Phi) is 4.55. The van der Waals surface area contributed by atoms with Crippen LogP contribution in [0.2, 0.25) is 0 Å². The maximum atomic E-state index is 12.1. The van der Waals surface area contributed by atoms with Crippen molar-refractivity contribution >= 4 is 10.0 Å². The minimum Gasteiger partial charge on any atom is -0.329 e. The Morgan fingerprint density at radius 2 is 1.93 bits per heavy atom. The lowest BCUT2D eigenvalue weighted by Gasteiger charge is -2.27. The number of rotatable bonds is 5. The molecule has 1 fully saturated rings. The molecule has 0 bridgehead atoms. The van der Waals surface area contributed by atoms with Crippen LogP contribution in [0.3, 0.4) is 0 Å². The van der Waals surface area contributed by atoms with Gasteiger partial charge in [0.2, 0.25) is 10.0 Å². The van der Waals surface area contributed by atoms with Crippen LogP contribution in [0.25, 0.3) is 0 Å². The van der Waals surface area contributed by atoms with E-state index in [9.17, 15) is 8.42 Å². The third-order valence-electron chi connectivity index (χ3n) is 3.38. The number of sulfonamides is 1. The number of hydrogen-bond acceptors (Lipinski definition) is 3. The second kappa shape index (κ2) is 5.27. The molecule has 1 atom stereocenters. The van der Waals surface area contributed by atoms with E-state index in [1.165, 1.54) is 0 Å². The topological polar surface area (TPSA) is 63.4 Å². The van der Waals surface area contributed by atoms with Crippen LogP contribution in [0.5, 0.6) is 0 Å². The number of nitrogens with two attached hydrogens (primary N) is 1. The standard InChI is InChI=1S/C10H22N2O2S/c1-3-10(8-11)15(13,14)12(2)9-6-4-5-7-9/h9-10H,3-8,11H2,1-2H3. The SMILES string of the molecule is CCC(CN)S(=O)(=O)N(C)C1CCCC1. The summed E-state index contributed by atoms with van der Waals surface area (Å²) in [6.45, 7) is 2.09. The predicted octanol–water partition coefficient (Wildman–Crippen LogP) is 0.928. The van der Waals surface area contributed by atoms with Crippen molar-refractivity contribution in [3.63, 3.8) is 0 Å². The molecule has 0 radical (unpaired) electrons. The second-order valence-electron chi connectivity index (χ2n) is 4.27. The first kappa shape index (κ1) is 12.9. The van der Waals surface area contributed by atoms with E-state index in [1.807, 2.05) is 6.92 Å². The lowest BCUT2D eigenvalue weighted by Crippen LogP contribution is -2.44.